The Bertz CT molecular complexity index is 927. The third kappa shape index (κ3) is 2.64. The van der Waals surface area contributed by atoms with Crippen LogP contribution < -0.4 is 5.32 Å². The number of rotatable bonds is 1. The van der Waals surface area contributed by atoms with Gasteiger partial charge < -0.3 is 5.32 Å². The van der Waals surface area contributed by atoms with E-state index in [0.29, 0.717) is 0 Å². The van der Waals surface area contributed by atoms with Crippen LogP contribution in [0, 0.1) is 13.8 Å². The zero-order valence-corrected chi connectivity index (χ0v) is 15.6. The zero-order valence-electron chi connectivity index (χ0n) is 15.6. The number of nitrogens with zero attached hydrogens (tertiary/aromatic N) is 2. The van der Waals surface area contributed by atoms with E-state index in [2.05, 4.69) is 93.1 Å². The maximum atomic E-state index is 4.76. The Morgan fingerprint density at radius 1 is 1.00 bits per heavy atom. The third-order valence-electron chi connectivity index (χ3n) is 5.02. The first kappa shape index (κ1) is 15.9. The molecule has 1 aromatic heterocycles. The number of para-hydroxylation sites is 1. The van der Waals surface area contributed by atoms with E-state index in [1.807, 2.05) is 0 Å². The maximum absolute atomic E-state index is 4.76. The van der Waals surface area contributed by atoms with E-state index in [-0.39, 0.29) is 11.6 Å². The molecule has 1 N–H and O–H groups in total. The Labute approximate surface area is 149 Å². The fourth-order valence-corrected chi connectivity index (χ4v) is 3.58. The summed E-state index contributed by atoms with van der Waals surface area (Å²) < 4.78 is 2.11. The first-order valence-corrected chi connectivity index (χ1v) is 8.88. The summed E-state index contributed by atoms with van der Waals surface area (Å²) >= 11 is 0. The first-order chi connectivity index (χ1) is 11.8. The Hall–Kier alpha value is -2.55. The van der Waals surface area contributed by atoms with Crippen LogP contribution in [-0.2, 0) is 5.41 Å². The lowest BCUT2D eigenvalue weighted by Crippen LogP contribution is -2.26. The molecule has 1 aliphatic heterocycles. The summed E-state index contributed by atoms with van der Waals surface area (Å²) in [6.45, 7) is 10.9. The summed E-state index contributed by atoms with van der Waals surface area (Å²) in [5, 5.41) is 8.47. The molecule has 3 aromatic rings. The van der Waals surface area contributed by atoms with E-state index in [1.54, 1.807) is 0 Å². The molecule has 0 bridgehead atoms. The van der Waals surface area contributed by atoms with Crippen LogP contribution in [0.15, 0.2) is 48.5 Å². The molecular weight excluding hydrogens is 306 g/mol. The fourth-order valence-electron chi connectivity index (χ4n) is 3.58. The third-order valence-corrected chi connectivity index (χ3v) is 5.02. The largest absolute Gasteiger partial charge is 0.359 e. The molecule has 0 saturated carbocycles. The predicted molar refractivity (Wildman–Crippen MR) is 104 cm³/mol. The number of fused-ring (bicyclic) bond motifs is 3. The number of nitrogens with one attached hydrogen (secondary N) is 1. The summed E-state index contributed by atoms with van der Waals surface area (Å²) in [6.07, 6.45) is 0.0197. The van der Waals surface area contributed by atoms with Gasteiger partial charge in [-0.25, -0.2) is 4.68 Å². The highest BCUT2D eigenvalue weighted by molar-refractivity contribution is 5.81. The number of aryl methyl sites for hydroxylation is 2. The summed E-state index contributed by atoms with van der Waals surface area (Å²) in [5.41, 5.74) is 8.66. The molecule has 0 amide bonds. The first-order valence-electron chi connectivity index (χ1n) is 8.88. The Morgan fingerprint density at radius 2 is 1.72 bits per heavy atom. The summed E-state index contributed by atoms with van der Waals surface area (Å²) in [6, 6.07) is 17.5. The standard InChI is InChI=1S/C22H25N3/c1-14-7-6-8-18-19-13-15(2)24-25(19)21(23-20(14)18)16-9-11-17(12-10-16)22(3,4)5/h6-13,21,23H,1-5H3. The Balaban J connectivity index is 1.83. The molecule has 0 radical (unpaired) electrons. The number of hydrogen-bond acceptors (Lipinski definition) is 2. The van der Waals surface area contributed by atoms with Crippen LogP contribution in [-0.4, -0.2) is 9.78 Å². The van der Waals surface area contributed by atoms with Crippen molar-refractivity contribution < 1.29 is 0 Å². The fraction of sp³-hybridized carbons (Fsp3) is 0.318. The highest BCUT2D eigenvalue weighted by Gasteiger charge is 2.27. The van der Waals surface area contributed by atoms with Crippen LogP contribution in [0.1, 0.15) is 49.3 Å². The summed E-state index contributed by atoms with van der Waals surface area (Å²) in [4.78, 5) is 0. The number of anilines is 1. The quantitative estimate of drug-likeness (QED) is 0.644. The van der Waals surface area contributed by atoms with Gasteiger partial charge in [0.1, 0.15) is 6.17 Å². The monoisotopic (exact) mass is 331 g/mol. The molecule has 2 heterocycles. The van der Waals surface area contributed by atoms with Crippen molar-refractivity contribution in [3.63, 3.8) is 0 Å². The molecule has 3 heteroatoms. The molecule has 4 rings (SSSR count). The SMILES string of the molecule is Cc1cc2n(n1)C(c1ccc(C(C)(C)C)cc1)Nc1c(C)cccc1-2. The van der Waals surface area contributed by atoms with Crippen LogP contribution in [0.5, 0.6) is 0 Å². The van der Waals surface area contributed by atoms with E-state index >= 15 is 0 Å². The van der Waals surface area contributed by atoms with Gasteiger partial charge in [0.2, 0.25) is 0 Å². The molecule has 3 nitrogen and oxygen atoms in total. The average Bonchev–Trinajstić information content (AvgIpc) is 2.95. The molecule has 1 atom stereocenters. The second-order valence-electron chi connectivity index (χ2n) is 8.03. The van der Waals surface area contributed by atoms with Gasteiger partial charge in [-0.1, -0.05) is 63.2 Å². The van der Waals surface area contributed by atoms with Crippen molar-refractivity contribution in [2.75, 3.05) is 5.32 Å². The summed E-state index contributed by atoms with van der Waals surface area (Å²) in [5.74, 6) is 0. The second kappa shape index (κ2) is 5.48. The van der Waals surface area contributed by atoms with Crippen molar-refractivity contribution in [3.05, 3.63) is 70.9 Å². The minimum absolute atomic E-state index is 0.0197. The van der Waals surface area contributed by atoms with Crippen molar-refractivity contribution in [1.29, 1.82) is 0 Å². The maximum Gasteiger partial charge on any atom is 0.147 e. The second-order valence-corrected chi connectivity index (χ2v) is 8.03. The smallest absolute Gasteiger partial charge is 0.147 e. The molecule has 1 unspecified atom stereocenters. The lowest BCUT2D eigenvalue weighted by Gasteiger charge is -2.31. The minimum atomic E-state index is 0.0197. The molecule has 128 valence electrons. The molecule has 2 aromatic carbocycles. The normalized spacial score (nSPS) is 16.1. The van der Waals surface area contributed by atoms with Gasteiger partial charge >= 0.3 is 0 Å². The van der Waals surface area contributed by atoms with Gasteiger partial charge in [0, 0.05) is 11.3 Å². The van der Waals surface area contributed by atoms with Crippen molar-refractivity contribution in [1.82, 2.24) is 9.78 Å². The van der Waals surface area contributed by atoms with E-state index < -0.39 is 0 Å². The summed E-state index contributed by atoms with van der Waals surface area (Å²) in [7, 11) is 0. The van der Waals surface area contributed by atoms with Crippen LogP contribution in [0.25, 0.3) is 11.3 Å². The Kier molecular flexibility index (Phi) is 3.50. The highest BCUT2D eigenvalue weighted by Crippen LogP contribution is 2.40. The molecule has 0 fully saturated rings. The average molecular weight is 331 g/mol. The molecular formula is C22H25N3. The lowest BCUT2D eigenvalue weighted by atomic mass is 9.86. The zero-order chi connectivity index (χ0) is 17.8. The molecule has 0 aliphatic carbocycles. The van der Waals surface area contributed by atoms with E-state index in [4.69, 9.17) is 5.10 Å². The molecule has 0 spiro atoms. The van der Waals surface area contributed by atoms with Crippen molar-refractivity contribution >= 4 is 5.69 Å². The van der Waals surface area contributed by atoms with Gasteiger partial charge in [0.05, 0.1) is 11.4 Å². The van der Waals surface area contributed by atoms with Crippen LogP contribution >= 0.6 is 0 Å². The van der Waals surface area contributed by atoms with Gasteiger partial charge in [-0.2, -0.15) is 5.10 Å². The van der Waals surface area contributed by atoms with Gasteiger partial charge in [-0.15, -0.1) is 0 Å². The lowest BCUT2D eigenvalue weighted by molar-refractivity contribution is 0.566. The van der Waals surface area contributed by atoms with Gasteiger partial charge in [-0.05, 0) is 42.0 Å². The van der Waals surface area contributed by atoms with E-state index in [0.717, 1.165) is 5.69 Å². The predicted octanol–water partition coefficient (Wildman–Crippen LogP) is 5.44. The van der Waals surface area contributed by atoms with Crippen LogP contribution in [0.2, 0.25) is 0 Å². The number of aromatic nitrogens is 2. The van der Waals surface area contributed by atoms with Gasteiger partial charge in [0.15, 0.2) is 0 Å². The topological polar surface area (TPSA) is 29.9 Å². The Morgan fingerprint density at radius 3 is 2.40 bits per heavy atom. The molecule has 25 heavy (non-hydrogen) atoms. The van der Waals surface area contributed by atoms with Crippen molar-refractivity contribution in [2.45, 2.75) is 46.2 Å². The van der Waals surface area contributed by atoms with E-state index in [1.165, 1.54) is 33.6 Å². The number of benzene rings is 2. The molecule has 1 aliphatic rings. The van der Waals surface area contributed by atoms with E-state index in [9.17, 15) is 0 Å². The minimum Gasteiger partial charge on any atom is -0.359 e. The van der Waals surface area contributed by atoms with Crippen molar-refractivity contribution in [3.8, 4) is 11.3 Å². The number of hydrogen-bond donors (Lipinski definition) is 1. The van der Waals surface area contributed by atoms with Gasteiger partial charge in [0.25, 0.3) is 0 Å². The molecule has 0 saturated heterocycles. The van der Waals surface area contributed by atoms with Crippen LogP contribution in [0.4, 0.5) is 5.69 Å². The van der Waals surface area contributed by atoms with Crippen molar-refractivity contribution in [2.24, 2.45) is 0 Å². The van der Waals surface area contributed by atoms with Crippen LogP contribution in [0.3, 0.4) is 0 Å². The van der Waals surface area contributed by atoms with Gasteiger partial charge in [-0.3, -0.25) is 0 Å². The highest BCUT2D eigenvalue weighted by atomic mass is 15.4.